The molecule has 2 aromatic carbocycles. The summed E-state index contributed by atoms with van der Waals surface area (Å²) in [5.41, 5.74) is 0.215. The van der Waals surface area contributed by atoms with Crippen LogP contribution in [0.25, 0.3) is 0 Å². The van der Waals surface area contributed by atoms with Crippen molar-refractivity contribution in [2.75, 3.05) is 6.54 Å². The third-order valence-corrected chi connectivity index (χ3v) is 5.88. The molecular formula is C20H20Cl3NO3. The second-order valence-electron chi connectivity index (χ2n) is 6.64. The molecule has 144 valence electrons. The molecule has 1 saturated heterocycles. The van der Waals surface area contributed by atoms with E-state index in [4.69, 9.17) is 39.5 Å². The van der Waals surface area contributed by atoms with Crippen LogP contribution in [0.15, 0.2) is 60.7 Å². The number of ether oxygens (including phenoxy) is 1. The Morgan fingerprint density at radius 3 is 2.30 bits per heavy atom. The minimum atomic E-state index is -1.85. The molecule has 1 aliphatic rings. The van der Waals surface area contributed by atoms with Gasteiger partial charge in [-0.3, -0.25) is 0 Å². The number of piperidine rings is 1. The van der Waals surface area contributed by atoms with Gasteiger partial charge in [0.05, 0.1) is 6.04 Å². The van der Waals surface area contributed by atoms with Crippen molar-refractivity contribution in [3.63, 3.8) is 0 Å². The van der Waals surface area contributed by atoms with E-state index in [1.807, 2.05) is 60.7 Å². The summed E-state index contributed by atoms with van der Waals surface area (Å²) in [6.07, 6.45) is -0.208. The van der Waals surface area contributed by atoms with Crippen LogP contribution in [0, 0.1) is 0 Å². The maximum atomic E-state index is 12.7. The van der Waals surface area contributed by atoms with E-state index in [0.717, 1.165) is 11.1 Å². The van der Waals surface area contributed by atoms with E-state index in [1.54, 1.807) is 4.90 Å². The molecule has 0 bridgehead atoms. The highest BCUT2D eigenvalue weighted by Gasteiger charge is 2.52. The lowest BCUT2D eigenvalue weighted by atomic mass is 9.84. The van der Waals surface area contributed by atoms with Gasteiger partial charge in [-0.05, 0) is 17.5 Å². The Labute approximate surface area is 173 Å². The van der Waals surface area contributed by atoms with Crippen LogP contribution in [0.4, 0.5) is 4.79 Å². The maximum absolute atomic E-state index is 12.7. The standard InChI is InChI=1S/C20H20Cl3NO3/c21-20(22,23)19(26)11-12-24(17(13-19)16-9-5-2-6-10-16)18(25)27-14-15-7-3-1-4-8-15/h1-10,17,26H,11-14H2/t17-,19+/m1/s1. The van der Waals surface area contributed by atoms with Crippen molar-refractivity contribution in [3.8, 4) is 0 Å². The van der Waals surface area contributed by atoms with Crippen molar-refractivity contribution >= 4 is 40.9 Å². The summed E-state index contributed by atoms with van der Waals surface area (Å²) in [4.78, 5) is 14.3. The largest absolute Gasteiger partial charge is 0.445 e. The molecule has 1 aliphatic heterocycles. The second kappa shape index (κ2) is 8.27. The predicted octanol–water partition coefficient (Wildman–Crippen LogP) is 5.26. The van der Waals surface area contributed by atoms with Crippen molar-refractivity contribution in [1.82, 2.24) is 4.90 Å². The van der Waals surface area contributed by atoms with Gasteiger partial charge in [0, 0.05) is 13.0 Å². The monoisotopic (exact) mass is 427 g/mol. The van der Waals surface area contributed by atoms with E-state index in [9.17, 15) is 9.90 Å². The lowest BCUT2D eigenvalue weighted by molar-refractivity contribution is -0.0431. The molecule has 0 unspecified atom stereocenters. The number of carbonyl (C=O) groups excluding carboxylic acids is 1. The molecule has 2 atom stereocenters. The van der Waals surface area contributed by atoms with E-state index in [-0.39, 0.29) is 26.0 Å². The zero-order chi connectivity index (χ0) is 19.5. The van der Waals surface area contributed by atoms with Crippen LogP contribution in [0.2, 0.25) is 0 Å². The Hall–Kier alpha value is -1.46. The number of nitrogens with zero attached hydrogens (tertiary/aromatic N) is 1. The number of rotatable bonds is 3. The van der Waals surface area contributed by atoms with Crippen LogP contribution in [0.3, 0.4) is 0 Å². The Bertz CT molecular complexity index is 767. The molecule has 0 aliphatic carbocycles. The molecule has 2 aromatic rings. The number of amides is 1. The number of aliphatic hydroxyl groups is 1. The average Bonchev–Trinajstić information content (AvgIpc) is 2.67. The number of halogens is 3. The minimum absolute atomic E-state index is 0.105. The molecule has 1 amide bonds. The highest BCUT2D eigenvalue weighted by atomic mass is 35.6. The van der Waals surface area contributed by atoms with Gasteiger partial charge in [0.25, 0.3) is 0 Å². The minimum Gasteiger partial charge on any atom is -0.445 e. The van der Waals surface area contributed by atoms with Gasteiger partial charge in [-0.2, -0.15) is 0 Å². The molecule has 1 N–H and O–H groups in total. The topological polar surface area (TPSA) is 49.8 Å². The SMILES string of the molecule is O=C(OCc1ccccc1)N1CC[C@@](O)(C(Cl)(Cl)Cl)C[C@@H]1c1ccccc1. The van der Waals surface area contributed by atoms with Crippen LogP contribution in [-0.2, 0) is 11.3 Å². The molecule has 3 rings (SSSR count). The zero-order valence-corrected chi connectivity index (χ0v) is 16.8. The summed E-state index contributed by atoms with van der Waals surface area (Å²) in [5, 5.41) is 10.9. The van der Waals surface area contributed by atoms with Gasteiger partial charge < -0.3 is 14.7 Å². The fourth-order valence-electron chi connectivity index (χ4n) is 3.24. The fourth-order valence-corrected chi connectivity index (χ4v) is 3.76. The van der Waals surface area contributed by atoms with E-state index in [0.29, 0.717) is 0 Å². The van der Waals surface area contributed by atoms with E-state index < -0.39 is 21.5 Å². The third kappa shape index (κ3) is 4.69. The Morgan fingerprint density at radius 2 is 1.70 bits per heavy atom. The first-order valence-electron chi connectivity index (χ1n) is 8.61. The number of carbonyl (C=O) groups is 1. The molecule has 0 spiro atoms. The van der Waals surface area contributed by atoms with E-state index in [2.05, 4.69) is 0 Å². The third-order valence-electron chi connectivity index (χ3n) is 4.83. The Kier molecular flexibility index (Phi) is 6.21. The molecular weight excluding hydrogens is 409 g/mol. The first-order chi connectivity index (χ1) is 12.8. The zero-order valence-electron chi connectivity index (χ0n) is 14.5. The van der Waals surface area contributed by atoms with Crippen molar-refractivity contribution < 1.29 is 14.6 Å². The summed E-state index contributed by atoms with van der Waals surface area (Å²) in [5.74, 6) is 0. The van der Waals surface area contributed by atoms with Crippen LogP contribution in [-0.4, -0.2) is 32.0 Å². The quantitative estimate of drug-likeness (QED) is 0.678. The van der Waals surface area contributed by atoms with Gasteiger partial charge in [-0.1, -0.05) is 95.5 Å². The molecule has 27 heavy (non-hydrogen) atoms. The maximum Gasteiger partial charge on any atom is 0.410 e. The lowest BCUT2D eigenvalue weighted by Gasteiger charge is -2.46. The van der Waals surface area contributed by atoms with E-state index >= 15 is 0 Å². The van der Waals surface area contributed by atoms with Crippen LogP contribution < -0.4 is 0 Å². The van der Waals surface area contributed by atoms with E-state index in [1.165, 1.54) is 0 Å². The summed E-state index contributed by atoms with van der Waals surface area (Å²) < 4.78 is 3.63. The van der Waals surface area contributed by atoms with Crippen LogP contribution >= 0.6 is 34.8 Å². The van der Waals surface area contributed by atoms with Gasteiger partial charge in [-0.15, -0.1) is 0 Å². The van der Waals surface area contributed by atoms with Gasteiger partial charge in [0.15, 0.2) is 0 Å². The van der Waals surface area contributed by atoms with Gasteiger partial charge >= 0.3 is 6.09 Å². The predicted molar refractivity (Wildman–Crippen MR) is 107 cm³/mol. The molecule has 0 saturated carbocycles. The molecule has 0 aromatic heterocycles. The van der Waals surface area contributed by atoms with Gasteiger partial charge in [0.2, 0.25) is 3.79 Å². The first kappa shape index (κ1) is 20.3. The average molecular weight is 429 g/mol. The van der Waals surface area contributed by atoms with Gasteiger partial charge in [0.1, 0.15) is 12.2 Å². The first-order valence-corrected chi connectivity index (χ1v) is 9.75. The second-order valence-corrected chi connectivity index (χ2v) is 8.92. The summed E-state index contributed by atoms with van der Waals surface area (Å²) in [6, 6.07) is 18.4. The highest BCUT2D eigenvalue weighted by molar-refractivity contribution is 6.68. The number of likely N-dealkylation sites (tertiary alicyclic amines) is 1. The number of alkyl halides is 3. The Balaban J connectivity index is 1.79. The highest BCUT2D eigenvalue weighted by Crippen LogP contribution is 2.49. The van der Waals surface area contributed by atoms with Crippen molar-refractivity contribution in [2.45, 2.75) is 34.9 Å². The number of benzene rings is 2. The number of hydrogen-bond donors (Lipinski definition) is 1. The molecule has 1 fully saturated rings. The number of hydrogen-bond acceptors (Lipinski definition) is 3. The smallest absolute Gasteiger partial charge is 0.410 e. The summed E-state index contributed by atoms with van der Waals surface area (Å²) in [7, 11) is 0. The Morgan fingerprint density at radius 1 is 1.11 bits per heavy atom. The molecule has 0 radical (unpaired) electrons. The van der Waals surface area contributed by atoms with Gasteiger partial charge in [-0.25, -0.2) is 4.79 Å². The van der Waals surface area contributed by atoms with Crippen molar-refractivity contribution in [1.29, 1.82) is 0 Å². The normalized spacial score (nSPS) is 23.1. The van der Waals surface area contributed by atoms with Crippen LogP contribution in [0.1, 0.15) is 30.0 Å². The van der Waals surface area contributed by atoms with Crippen molar-refractivity contribution in [2.24, 2.45) is 0 Å². The lowest BCUT2D eigenvalue weighted by Crippen LogP contribution is -2.54. The molecule has 4 nitrogen and oxygen atoms in total. The molecule has 1 heterocycles. The molecule has 7 heteroatoms. The summed E-state index contributed by atoms with van der Waals surface area (Å²) in [6.45, 7) is 0.393. The van der Waals surface area contributed by atoms with Crippen molar-refractivity contribution in [3.05, 3.63) is 71.8 Å². The fraction of sp³-hybridized carbons (Fsp3) is 0.350. The summed E-state index contributed by atoms with van der Waals surface area (Å²) >= 11 is 18.1. The van der Waals surface area contributed by atoms with Crippen LogP contribution in [0.5, 0.6) is 0 Å².